The molecule has 1 N–H and O–H groups in total. The van der Waals surface area contributed by atoms with Gasteiger partial charge in [0.05, 0.1) is 32.2 Å². The minimum Gasteiger partial charge on any atom is -0.497 e. The van der Waals surface area contributed by atoms with E-state index in [0.29, 0.717) is 29.3 Å². The second kappa shape index (κ2) is 8.32. The Morgan fingerprint density at radius 1 is 1.14 bits per heavy atom. The lowest BCUT2D eigenvalue weighted by Gasteiger charge is -2.27. The molecule has 0 radical (unpaired) electrons. The number of rotatable bonds is 6. The molecular weight excluding hydrogens is 392 g/mol. The monoisotopic (exact) mass is 418 g/mol. The van der Waals surface area contributed by atoms with E-state index in [9.17, 15) is 13.2 Å². The van der Waals surface area contributed by atoms with Crippen LogP contribution in [0.25, 0.3) is 0 Å². The van der Waals surface area contributed by atoms with Gasteiger partial charge >= 0.3 is 0 Å². The SMILES string of the molecule is COc1ccc(C2CCCN2C(=O)c2ccc(C)c(NS(C)(=O)=O)c2)c(OC)c1. The summed E-state index contributed by atoms with van der Waals surface area (Å²) in [6.45, 7) is 2.42. The highest BCUT2D eigenvalue weighted by Crippen LogP contribution is 2.39. The molecule has 1 aliphatic heterocycles. The third kappa shape index (κ3) is 4.64. The number of hydrogen-bond acceptors (Lipinski definition) is 5. The summed E-state index contributed by atoms with van der Waals surface area (Å²) in [5, 5.41) is 0. The average molecular weight is 419 g/mol. The molecule has 2 aromatic rings. The molecule has 2 aromatic carbocycles. The fourth-order valence-corrected chi connectivity index (χ4v) is 4.28. The number of amides is 1. The van der Waals surface area contributed by atoms with E-state index in [4.69, 9.17) is 9.47 Å². The highest BCUT2D eigenvalue weighted by molar-refractivity contribution is 7.92. The van der Waals surface area contributed by atoms with Crippen molar-refractivity contribution in [2.75, 3.05) is 31.7 Å². The molecule has 0 spiro atoms. The lowest BCUT2D eigenvalue weighted by Crippen LogP contribution is -2.31. The number of methoxy groups -OCH3 is 2. The lowest BCUT2D eigenvalue weighted by molar-refractivity contribution is 0.0734. The Bertz CT molecular complexity index is 1020. The normalized spacial score (nSPS) is 16.6. The molecule has 1 fully saturated rings. The Kier molecular flexibility index (Phi) is 6.02. The van der Waals surface area contributed by atoms with E-state index in [-0.39, 0.29) is 11.9 Å². The number of benzene rings is 2. The van der Waals surface area contributed by atoms with Crippen LogP contribution in [0.1, 0.15) is 40.4 Å². The van der Waals surface area contributed by atoms with Crippen molar-refractivity contribution in [3.8, 4) is 11.5 Å². The molecule has 1 saturated heterocycles. The Balaban J connectivity index is 1.92. The molecule has 1 unspecified atom stereocenters. The number of carbonyl (C=O) groups excluding carboxylic acids is 1. The summed E-state index contributed by atoms with van der Waals surface area (Å²) in [6.07, 6.45) is 2.80. The van der Waals surface area contributed by atoms with E-state index < -0.39 is 10.0 Å². The maximum absolute atomic E-state index is 13.3. The highest BCUT2D eigenvalue weighted by atomic mass is 32.2. The first kappa shape index (κ1) is 21.0. The van der Waals surface area contributed by atoms with Crippen LogP contribution in [0.5, 0.6) is 11.5 Å². The first-order chi connectivity index (χ1) is 13.7. The van der Waals surface area contributed by atoms with Crippen LogP contribution in [0.3, 0.4) is 0 Å². The standard InChI is InChI=1S/C21H26N2O5S/c1-14-7-8-15(12-18(14)22-29(4,25)26)21(24)23-11-5-6-19(23)17-10-9-16(27-2)13-20(17)28-3/h7-10,12-13,19,22H,5-6,11H2,1-4H3. The number of likely N-dealkylation sites (tertiary alicyclic amines) is 1. The molecule has 0 aliphatic carbocycles. The fourth-order valence-electron chi connectivity index (χ4n) is 3.66. The van der Waals surface area contributed by atoms with Gasteiger partial charge in [0, 0.05) is 23.7 Å². The second-order valence-corrected chi connectivity index (χ2v) is 8.92. The zero-order valence-corrected chi connectivity index (χ0v) is 17.9. The molecule has 1 amide bonds. The van der Waals surface area contributed by atoms with E-state index in [1.165, 1.54) is 0 Å². The van der Waals surface area contributed by atoms with E-state index in [0.717, 1.165) is 30.2 Å². The quantitative estimate of drug-likeness (QED) is 0.778. The van der Waals surface area contributed by atoms with Gasteiger partial charge in [0.25, 0.3) is 5.91 Å². The van der Waals surface area contributed by atoms with Gasteiger partial charge in [-0.05, 0) is 49.6 Å². The van der Waals surface area contributed by atoms with Crippen LogP contribution in [-0.2, 0) is 10.0 Å². The van der Waals surface area contributed by atoms with Crippen molar-refractivity contribution in [1.82, 2.24) is 4.90 Å². The number of nitrogens with zero attached hydrogens (tertiary/aromatic N) is 1. The van der Waals surface area contributed by atoms with Crippen LogP contribution < -0.4 is 14.2 Å². The zero-order valence-electron chi connectivity index (χ0n) is 17.1. The molecular formula is C21H26N2O5S. The van der Waals surface area contributed by atoms with Gasteiger partial charge in [0.1, 0.15) is 11.5 Å². The van der Waals surface area contributed by atoms with Crippen molar-refractivity contribution in [3.05, 3.63) is 53.1 Å². The van der Waals surface area contributed by atoms with E-state index in [1.807, 2.05) is 23.1 Å². The molecule has 1 heterocycles. The topological polar surface area (TPSA) is 84.9 Å². The number of carbonyl (C=O) groups is 1. The summed E-state index contributed by atoms with van der Waals surface area (Å²) >= 11 is 0. The molecule has 3 rings (SSSR count). The van der Waals surface area contributed by atoms with Gasteiger partial charge < -0.3 is 14.4 Å². The lowest BCUT2D eigenvalue weighted by atomic mass is 10.0. The molecule has 1 atom stereocenters. The average Bonchev–Trinajstić information content (AvgIpc) is 3.17. The number of anilines is 1. The number of nitrogens with one attached hydrogen (secondary N) is 1. The first-order valence-electron chi connectivity index (χ1n) is 9.35. The summed E-state index contributed by atoms with van der Waals surface area (Å²) in [6, 6.07) is 10.6. The van der Waals surface area contributed by atoms with Crippen molar-refractivity contribution < 1.29 is 22.7 Å². The predicted molar refractivity (Wildman–Crippen MR) is 112 cm³/mol. The molecule has 0 saturated carbocycles. The van der Waals surface area contributed by atoms with Gasteiger partial charge in [-0.25, -0.2) is 8.42 Å². The number of hydrogen-bond donors (Lipinski definition) is 1. The van der Waals surface area contributed by atoms with Crippen molar-refractivity contribution in [3.63, 3.8) is 0 Å². The molecule has 156 valence electrons. The van der Waals surface area contributed by atoms with E-state index in [1.54, 1.807) is 39.3 Å². The Labute approximate surface area is 171 Å². The molecule has 7 nitrogen and oxygen atoms in total. The van der Waals surface area contributed by atoms with Gasteiger partial charge in [-0.2, -0.15) is 0 Å². The number of sulfonamides is 1. The number of ether oxygens (including phenoxy) is 2. The van der Waals surface area contributed by atoms with Crippen LogP contribution in [0, 0.1) is 6.92 Å². The van der Waals surface area contributed by atoms with Gasteiger partial charge in [-0.15, -0.1) is 0 Å². The van der Waals surface area contributed by atoms with Crippen molar-refractivity contribution >= 4 is 21.6 Å². The summed E-state index contributed by atoms with van der Waals surface area (Å²) < 4.78 is 36.5. The molecule has 8 heteroatoms. The Morgan fingerprint density at radius 2 is 1.90 bits per heavy atom. The second-order valence-electron chi connectivity index (χ2n) is 7.17. The molecule has 0 bridgehead atoms. The minimum absolute atomic E-state index is 0.115. The van der Waals surface area contributed by atoms with Crippen molar-refractivity contribution in [1.29, 1.82) is 0 Å². The predicted octanol–water partition coefficient (Wildman–Crippen LogP) is 3.36. The largest absolute Gasteiger partial charge is 0.497 e. The van der Waals surface area contributed by atoms with Crippen LogP contribution in [0.2, 0.25) is 0 Å². The van der Waals surface area contributed by atoms with Crippen LogP contribution in [0.15, 0.2) is 36.4 Å². The number of aryl methyl sites for hydroxylation is 1. The molecule has 29 heavy (non-hydrogen) atoms. The summed E-state index contributed by atoms with van der Waals surface area (Å²) in [7, 11) is -0.238. The third-order valence-corrected chi connectivity index (χ3v) is 5.68. The summed E-state index contributed by atoms with van der Waals surface area (Å²) in [5.74, 6) is 1.23. The van der Waals surface area contributed by atoms with Gasteiger partial charge in [-0.1, -0.05) is 6.07 Å². The van der Waals surface area contributed by atoms with Crippen LogP contribution in [0.4, 0.5) is 5.69 Å². The third-order valence-electron chi connectivity index (χ3n) is 5.09. The highest BCUT2D eigenvalue weighted by Gasteiger charge is 2.32. The van der Waals surface area contributed by atoms with Crippen molar-refractivity contribution in [2.45, 2.75) is 25.8 Å². The smallest absolute Gasteiger partial charge is 0.254 e. The van der Waals surface area contributed by atoms with Gasteiger partial charge in [0.15, 0.2) is 0 Å². The van der Waals surface area contributed by atoms with E-state index >= 15 is 0 Å². The first-order valence-corrected chi connectivity index (χ1v) is 11.2. The summed E-state index contributed by atoms with van der Waals surface area (Å²) in [4.78, 5) is 15.1. The van der Waals surface area contributed by atoms with Crippen molar-refractivity contribution in [2.24, 2.45) is 0 Å². The Hall–Kier alpha value is -2.74. The zero-order chi connectivity index (χ0) is 21.2. The van der Waals surface area contributed by atoms with E-state index in [2.05, 4.69) is 4.72 Å². The maximum Gasteiger partial charge on any atom is 0.254 e. The summed E-state index contributed by atoms with van der Waals surface area (Å²) in [5.41, 5.74) is 2.54. The van der Waals surface area contributed by atoms with Gasteiger partial charge in [-0.3, -0.25) is 9.52 Å². The molecule has 1 aliphatic rings. The maximum atomic E-state index is 13.3. The minimum atomic E-state index is -3.43. The fraction of sp³-hybridized carbons (Fsp3) is 0.381. The Morgan fingerprint density at radius 3 is 2.55 bits per heavy atom. The van der Waals surface area contributed by atoms with Crippen LogP contribution >= 0.6 is 0 Å². The van der Waals surface area contributed by atoms with Crippen LogP contribution in [-0.4, -0.2) is 46.2 Å². The molecule has 0 aromatic heterocycles. The van der Waals surface area contributed by atoms with Gasteiger partial charge in [0.2, 0.25) is 10.0 Å².